The van der Waals surface area contributed by atoms with Gasteiger partial charge in [0.25, 0.3) is 0 Å². The van der Waals surface area contributed by atoms with Crippen LogP contribution in [-0.2, 0) is 23.0 Å². The van der Waals surface area contributed by atoms with Crippen LogP contribution >= 0.6 is 11.6 Å². The van der Waals surface area contributed by atoms with Gasteiger partial charge in [-0.1, -0.05) is 23.7 Å². The molecule has 3 heterocycles. The molecular weight excluding hydrogens is 436 g/mol. The number of nitrogens with zero attached hydrogens (tertiary/aromatic N) is 3. The Bertz CT molecular complexity index is 962. The van der Waals surface area contributed by atoms with E-state index in [9.17, 15) is 14.8 Å². The summed E-state index contributed by atoms with van der Waals surface area (Å²) in [6, 6.07) is 7.75. The summed E-state index contributed by atoms with van der Waals surface area (Å²) in [6.45, 7) is 1.56. The SMILES string of the molecule is [O-][S+]1CCc2nc(N3CCC(CO)(c4ccc(Cl)cc4)CC3)nc(NC3(CO)CC3)c21. The van der Waals surface area contributed by atoms with Crippen LogP contribution in [0.5, 0.6) is 0 Å². The zero-order valence-electron chi connectivity index (χ0n) is 17.3. The molecule has 9 heteroatoms. The second kappa shape index (κ2) is 8.08. The van der Waals surface area contributed by atoms with Crippen molar-refractivity contribution in [2.75, 3.05) is 42.3 Å². The maximum absolute atomic E-state index is 12.6. The number of benzene rings is 1. The number of hydrogen-bond donors (Lipinski definition) is 3. The number of halogens is 1. The molecule has 0 bridgehead atoms. The van der Waals surface area contributed by atoms with Crippen LogP contribution in [0.15, 0.2) is 29.2 Å². The molecule has 7 nitrogen and oxygen atoms in total. The van der Waals surface area contributed by atoms with Crippen LogP contribution < -0.4 is 10.2 Å². The molecule has 0 radical (unpaired) electrons. The zero-order valence-corrected chi connectivity index (χ0v) is 18.9. The van der Waals surface area contributed by atoms with E-state index in [4.69, 9.17) is 21.6 Å². The molecule has 3 N–H and O–H groups in total. The minimum absolute atomic E-state index is 0.0393. The lowest BCUT2D eigenvalue weighted by Gasteiger charge is -2.41. The van der Waals surface area contributed by atoms with Gasteiger partial charge in [0.1, 0.15) is 11.4 Å². The lowest BCUT2D eigenvalue weighted by Crippen LogP contribution is -2.45. The van der Waals surface area contributed by atoms with E-state index < -0.39 is 11.2 Å². The first kappa shape index (κ1) is 21.3. The highest BCUT2D eigenvalue weighted by atomic mass is 35.5. The van der Waals surface area contributed by atoms with Gasteiger partial charge in [-0.3, -0.25) is 0 Å². The van der Waals surface area contributed by atoms with Crippen molar-refractivity contribution in [3.8, 4) is 0 Å². The standard InChI is InChI=1S/C22H27ClN4O3S/c23-16-3-1-15(2-4-16)21(13-28)8-10-27(11-9-21)20-24-17-5-12-31(30)18(17)19(25-20)26-22(14-29)6-7-22/h1-4,28-29H,5-14H2,(H,24,25,26). The fourth-order valence-electron chi connectivity index (χ4n) is 4.61. The van der Waals surface area contributed by atoms with Crippen molar-refractivity contribution in [2.45, 2.75) is 48.0 Å². The van der Waals surface area contributed by atoms with Gasteiger partial charge in [-0.05, 0) is 54.6 Å². The van der Waals surface area contributed by atoms with Gasteiger partial charge in [-0.15, -0.1) is 0 Å². The molecule has 31 heavy (non-hydrogen) atoms. The molecule has 3 aliphatic rings. The topological polar surface area (TPSA) is 105 Å². The molecule has 1 aromatic carbocycles. The van der Waals surface area contributed by atoms with Crippen molar-refractivity contribution in [2.24, 2.45) is 0 Å². The maximum Gasteiger partial charge on any atom is 0.227 e. The van der Waals surface area contributed by atoms with Crippen LogP contribution in [0.4, 0.5) is 11.8 Å². The van der Waals surface area contributed by atoms with Crippen molar-refractivity contribution in [3.63, 3.8) is 0 Å². The van der Waals surface area contributed by atoms with Crippen molar-refractivity contribution in [1.29, 1.82) is 0 Å². The van der Waals surface area contributed by atoms with E-state index in [0.29, 0.717) is 33.9 Å². The molecule has 1 saturated carbocycles. The normalized spacial score (nSPS) is 23.5. The molecule has 1 saturated heterocycles. The Morgan fingerprint density at radius 3 is 2.39 bits per heavy atom. The van der Waals surface area contributed by atoms with Gasteiger partial charge in [-0.25, -0.2) is 4.98 Å². The average molecular weight is 463 g/mol. The van der Waals surface area contributed by atoms with Crippen LogP contribution in [-0.4, -0.2) is 62.3 Å². The summed E-state index contributed by atoms with van der Waals surface area (Å²) in [5, 5.41) is 24.0. The van der Waals surface area contributed by atoms with Gasteiger partial charge in [0.2, 0.25) is 10.8 Å². The van der Waals surface area contributed by atoms with Gasteiger partial charge in [0.05, 0.1) is 18.8 Å². The lowest BCUT2D eigenvalue weighted by atomic mass is 9.73. The summed E-state index contributed by atoms with van der Waals surface area (Å²) in [4.78, 5) is 12.4. The van der Waals surface area contributed by atoms with Crippen LogP contribution in [0.25, 0.3) is 0 Å². The summed E-state index contributed by atoms with van der Waals surface area (Å²) < 4.78 is 12.6. The summed E-state index contributed by atoms with van der Waals surface area (Å²) >= 11 is 4.94. The number of aromatic nitrogens is 2. The smallest absolute Gasteiger partial charge is 0.227 e. The molecule has 1 aromatic heterocycles. The van der Waals surface area contributed by atoms with Gasteiger partial charge in [0, 0.05) is 29.9 Å². The number of piperidine rings is 1. The minimum atomic E-state index is -1.10. The predicted octanol–water partition coefficient (Wildman–Crippen LogP) is 2.26. The first-order chi connectivity index (χ1) is 15.0. The van der Waals surface area contributed by atoms with Gasteiger partial charge < -0.3 is 25.0 Å². The summed E-state index contributed by atoms with van der Waals surface area (Å²) in [6.07, 6.45) is 4.00. The van der Waals surface area contributed by atoms with Crippen LogP contribution in [0.3, 0.4) is 0 Å². The number of nitrogens with one attached hydrogen (secondary N) is 1. The molecule has 0 spiro atoms. The second-order valence-electron chi connectivity index (χ2n) is 8.94. The van der Waals surface area contributed by atoms with E-state index in [1.165, 1.54) is 0 Å². The highest BCUT2D eigenvalue weighted by Gasteiger charge is 2.45. The molecule has 1 atom stereocenters. The van der Waals surface area contributed by atoms with E-state index in [1.54, 1.807) is 0 Å². The Morgan fingerprint density at radius 2 is 1.77 bits per heavy atom. The molecule has 2 aromatic rings. The molecule has 2 fully saturated rings. The third kappa shape index (κ3) is 3.89. The third-order valence-corrected chi connectivity index (χ3v) is 8.69. The van der Waals surface area contributed by atoms with Gasteiger partial charge in [0.15, 0.2) is 5.82 Å². The molecule has 0 amide bonds. The van der Waals surface area contributed by atoms with Crippen LogP contribution in [0.1, 0.15) is 36.9 Å². The van der Waals surface area contributed by atoms with E-state index in [2.05, 4.69) is 10.2 Å². The lowest BCUT2D eigenvalue weighted by molar-refractivity contribution is 0.165. The van der Waals surface area contributed by atoms with E-state index >= 15 is 0 Å². The summed E-state index contributed by atoms with van der Waals surface area (Å²) in [5.74, 6) is 1.81. The van der Waals surface area contributed by atoms with E-state index in [1.807, 2.05) is 24.3 Å². The Kier molecular flexibility index (Phi) is 5.55. The highest BCUT2D eigenvalue weighted by Crippen LogP contribution is 2.42. The van der Waals surface area contributed by atoms with Crippen molar-refractivity contribution >= 4 is 34.5 Å². The molecule has 1 aliphatic carbocycles. The number of fused-ring (bicyclic) bond motifs is 1. The molecule has 5 rings (SSSR count). The fraction of sp³-hybridized carbons (Fsp3) is 0.545. The molecule has 2 aliphatic heterocycles. The number of aryl methyl sites for hydroxylation is 1. The number of aliphatic hydroxyl groups is 2. The van der Waals surface area contributed by atoms with E-state index in [-0.39, 0.29) is 24.2 Å². The Hall–Kier alpha value is -1.58. The summed E-state index contributed by atoms with van der Waals surface area (Å²) in [5.41, 5.74) is 1.31. The Labute approximate surface area is 190 Å². The monoisotopic (exact) mass is 462 g/mol. The molecular formula is C22H27ClN4O3S. The van der Waals surface area contributed by atoms with Crippen LogP contribution in [0.2, 0.25) is 5.02 Å². The highest BCUT2D eigenvalue weighted by molar-refractivity contribution is 7.91. The largest absolute Gasteiger partial charge is 0.611 e. The summed E-state index contributed by atoms with van der Waals surface area (Å²) in [7, 11) is 0. The first-order valence-electron chi connectivity index (χ1n) is 10.8. The number of hydrogen-bond acceptors (Lipinski definition) is 7. The molecule has 1 unspecified atom stereocenters. The number of anilines is 2. The van der Waals surface area contributed by atoms with Crippen molar-refractivity contribution < 1.29 is 14.8 Å². The van der Waals surface area contributed by atoms with Crippen molar-refractivity contribution in [3.05, 3.63) is 40.5 Å². The zero-order chi connectivity index (χ0) is 21.6. The Morgan fingerprint density at radius 1 is 1.06 bits per heavy atom. The maximum atomic E-state index is 12.6. The average Bonchev–Trinajstić information content (AvgIpc) is 3.47. The fourth-order valence-corrected chi connectivity index (χ4v) is 6.04. The van der Waals surface area contributed by atoms with Crippen LogP contribution in [0, 0.1) is 0 Å². The van der Waals surface area contributed by atoms with Crippen molar-refractivity contribution in [1.82, 2.24) is 9.97 Å². The van der Waals surface area contributed by atoms with E-state index in [0.717, 1.165) is 50.0 Å². The van der Waals surface area contributed by atoms with Gasteiger partial charge >= 0.3 is 0 Å². The quantitative estimate of drug-likeness (QED) is 0.565. The number of aliphatic hydroxyl groups excluding tert-OH is 2. The number of rotatable bonds is 6. The van der Waals surface area contributed by atoms with Gasteiger partial charge in [-0.2, -0.15) is 4.98 Å². The Balaban J connectivity index is 1.39. The predicted molar refractivity (Wildman–Crippen MR) is 121 cm³/mol. The minimum Gasteiger partial charge on any atom is -0.611 e. The first-order valence-corrected chi connectivity index (χ1v) is 12.5. The third-order valence-electron chi connectivity index (χ3n) is 6.98. The molecule has 166 valence electrons. The second-order valence-corrected chi connectivity index (χ2v) is 10.9.